The first-order valence-corrected chi connectivity index (χ1v) is 2.84. The number of aromatic nitrogens is 2. The van der Waals surface area contributed by atoms with Crippen LogP contribution in [0.15, 0.2) is 17.2 Å². The maximum atomic E-state index is 10.9. The van der Waals surface area contributed by atoms with Gasteiger partial charge in [0.05, 0.1) is 6.07 Å². The molecular formula is C6H7N3O. The molecule has 0 amide bonds. The average Bonchev–Trinajstić information content (AvgIpc) is 2.20. The van der Waals surface area contributed by atoms with Gasteiger partial charge < -0.3 is 4.57 Å². The molecule has 0 unspecified atom stereocenters. The first-order valence-electron chi connectivity index (χ1n) is 2.84. The van der Waals surface area contributed by atoms with Gasteiger partial charge in [-0.2, -0.15) is 5.26 Å². The second-order valence-electron chi connectivity index (χ2n) is 1.98. The van der Waals surface area contributed by atoms with Crippen LogP contribution in [-0.4, -0.2) is 9.13 Å². The van der Waals surface area contributed by atoms with Crippen LogP contribution in [-0.2, 0) is 13.6 Å². The van der Waals surface area contributed by atoms with E-state index in [1.54, 1.807) is 19.4 Å². The van der Waals surface area contributed by atoms with Crippen molar-refractivity contribution in [2.24, 2.45) is 7.05 Å². The van der Waals surface area contributed by atoms with Crippen LogP contribution in [0.1, 0.15) is 0 Å². The van der Waals surface area contributed by atoms with Crippen molar-refractivity contribution < 1.29 is 0 Å². The minimum Gasteiger partial charge on any atom is -0.302 e. The zero-order valence-electron chi connectivity index (χ0n) is 5.61. The second kappa shape index (κ2) is 2.40. The van der Waals surface area contributed by atoms with Crippen LogP contribution in [0.4, 0.5) is 0 Å². The van der Waals surface area contributed by atoms with E-state index in [-0.39, 0.29) is 12.2 Å². The average molecular weight is 137 g/mol. The Bertz CT molecular complexity index is 314. The van der Waals surface area contributed by atoms with E-state index in [0.29, 0.717) is 0 Å². The molecule has 0 aliphatic rings. The molecule has 0 saturated heterocycles. The summed E-state index contributed by atoms with van der Waals surface area (Å²) in [7, 11) is 1.65. The van der Waals surface area contributed by atoms with E-state index in [4.69, 9.17) is 5.26 Å². The van der Waals surface area contributed by atoms with Gasteiger partial charge in [-0.1, -0.05) is 0 Å². The molecule has 4 heteroatoms. The van der Waals surface area contributed by atoms with Gasteiger partial charge in [-0.15, -0.1) is 0 Å². The molecule has 1 aromatic heterocycles. The minimum absolute atomic E-state index is 0.125. The Hall–Kier alpha value is -1.50. The molecule has 1 rings (SSSR count). The Morgan fingerprint density at radius 3 is 2.80 bits per heavy atom. The Morgan fingerprint density at radius 2 is 2.40 bits per heavy atom. The van der Waals surface area contributed by atoms with Crippen molar-refractivity contribution in [2.45, 2.75) is 6.54 Å². The van der Waals surface area contributed by atoms with E-state index < -0.39 is 0 Å². The highest BCUT2D eigenvalue weighted by Gasteiger charge is 1.95. The summed E-state index contributed by atoms with van der Waals surface area (Å²) in [6.07, 6.45) is 3.21. The summed E-state index contributed by atoms with van der Waals surface area (Å²) in [6, 6.07) is 1.89. The molecular weight excluding hydrogens is 130 g/mol. The SMILES string of the molecule is Cn1ccn(CC#N)c1=O. The lowest BCUT2D eigenvalue weighted by atomic mass is 10.7. The maximum Gasteiger partial charge on any atom is 0.328 e. The first kappa shape index (κ1) is 6.62. The molecule has 0 spiro atoms. The Kier molecular flexibility index (Phi) is 1.59. The molecule has 0 aliphatic carbocycles. The van der Waals surface area contributed by atoms with Gasteiger partial charge in [0, 0.05) is 19.4 Å². The largest absolute Gasteiger partial charge is 0.328 e. The maximum absolute atomic E-state index is 10.9. The lowest BCUT2D eigenvalue weighted by Gasteiger charge is -1.87. The Labute approximate surface area is 57.9 Å². The third-order valence-electron chi connectivity index (χ3n) is 1.26. The lowest BCUT2D eigenvalue weighted by Crippen LogP contribution is -2.21. The first-order chi connectivity index (χ1) is 4.75. The lowest BCUT2D eigenvalue weighted by molar-refractivity contribution is 0.736. The minimum atomic E-state index is -0.151. The van der Waals surface area contributed by atoms with Crippen molar-refractivity contribution in [3.63, 3.8) is 0 Å². The topological polar surface area (TPSA) is 50.7 Å². The summed E-state index contributed by atoms with van der Waals surface area (Å²) >= 11 is 0. The number of nitriles is 1. The quantitative estimate of drug-likeness (QED) is 0.534. The summed E-state index contributed by atoms with van der Waals surface area (Å²) in [5.41, 5.74) is -0.151. The molecule has 0 fully saturated rings. The molecule has 0 aliphatic heterocycles. The summed E-state index contributed by atoms with van der Waals surface area (Å²) in [5.74, 6) is 0. The van der Waals surface area contributed by atoms with E-state index in [1.807, 2.05) is 6.07 Å². The van der Waals surface area contributed by atoms with Crippen LogP contribution in [0.2, 0.25) is 0 Å². The van der Waals surface area contributed by atoms with E-state index in [1.165, 1.54) is 9.13 Å². The van der Waals surface area contributed by atoms with E-state index >= 15 is 0 Å². The fraction of sp³-hybridized carbons (Fsp3) is 0.333. The van der Waals surface area contributed by atoms with Crippen molar-refractivity contribution in [3.05, 3.63) is 22.9 Å². The summed E-state index contributed by atoms with van der Waals surface area (Å²) in [6.45, 7) is 0.125. The van der Waals surface area contributed by atoms with Crippen LogP contribution in [0.5, 0.6) is 0 Å². The molecule has 0 N–H and O–H groups in total. The van der Waals surface area contributed by atoms with Crippen LogP contribution >= 0.6 is 0 Å². The Balaban J connectivity index is 3.09. The number of hydrogen-bond acceptors (Lipinski definition) is 2. The number of aryl methyl sites for hydroxylation is 1. The molecule has 0 radical (unpaired) electrons. The summed E-state index contributed by atoms with van der Waals surface area (Å²) in [5, 5.41) is 8.23. The number of imidazole rings is 1. The van der Waals surface area contributed by atoms with Crippen LogP contribution < -0.4 is 5.69 Å². The molecule has 0 bridgehead atoms. The monoisotopic (exact) mass is 137 g/mol. The standard InChI is InChI=1S/C6H7N3O/c1-8-4-5-9(3-2-7)6(8)10/h4-5H,3H2,1H3. The van der Waals surface area contributed by atoms with E-state index in [0.717, 1.165) is 0 Å². The van der Waals surface area contributed by atoms with E-state index in [9.17, 15) is 4.79 Å². The van der Waals surface area contributed by atoms with Crippen LogP contribution in [0.3, 0.4) is 0 Å². The van der Waals surface area contributed by atoms with Crippen molar-refractivity contribution in [3.8, 4) is 6.07 Å². The molecule has 0 aromatic carbocycles. The zero-order chi connectivity index (χ0) is 7.56. The van der Waals surface area contributed by atoms with Gasteiger partial charge >= 0.3 is 5.69 Å². The summed E-state index contributed by atoms with van der Waals surface area (Å²) < 4.78 is 2.78. The fourth-order valence-corrected chi connectivity index (χ4v) is 0.707. The molecule has 4 nitrogen and oxygen atoms in total. The Morgan fingerprint density at radius 1 is 1.70 bits per heavy atom. The summed E-state index contributed by atoms with van der Waals surface area (Å²) in [4.78, 5) is 10.9. The van der Waals surface area contributed by atoms with Gasteiger partial charge in [0.25, 0.3) is 0 Å². The van der Waals surface area contributed by atoms with Crippen LogP contribution in [0.25, 0.3) is 0 Å². The van der Waals surface area contributed by atoms with Crippen molar-refractivity contribution >= 4 is 0 Å². The highest BCUT2D eigenvalue weighted by atomic mass is 16.1. The molecule has 1 aromatic rings. The van der Waals surface area contributed by atoms with Gasteiger partial charge in [-0.05, 0) is 0 Å². The normalized spacial score (nSPS) is 9.20. The van der Waals surface area contributed by atoms with Gasteiger partial charge in [0.15, 0.2) is 0 Å². The molecule has 0 atom stereocenters. The predicted molar refractivity (Wildman–Crippen MR) is 35.3 cm³/mol. The van der Waals surface area contributed by atoms with Gasteiger partial charge in [0.1, 0.15) is 6.54 Å². The smallest absolute Gasteiger partial charge is 0.302 e. The van der Waals surface area contributed by atoms with E-state index in [2.05, 4.69) is 0 Å². The molecule has 10 heavy (non-hydrogen) atoms. The number of rotatable bonds is 1. The fourth-order valence-electron chi connectivity index (χ4n) is 0.707. The van der Waals surface area contributed by atoms with Gasteiger partial charge in [-0.25, -0.2) is 4.79 Å². The highest BCUT2D eigenvalue weighted by molar-refractivity contribution is 4.84. The second-order valence-corrected chi connectivity index (χ2v) is 1.98. The number of nitrogens with zero attached hydrogens (tertiary/aromatic N) is 3. The third kappa shape index (κ3) is 0.935. The van der Waals surface area contributed by atoms with Crippen molar-refractivity contribution in [1.29, 1.82) is 5.26 Å². The third-order valence-corrected chi connectivity index (χ3v) is 1.26. The van der Waals surface area contributed by atoms with Gasteiger partial charge in [-0.3, -0.25) is 4.57 Å². The molecule has 1 heterocycles. The van der Waals surface area contributed by atoms with Gasteiger partial charge in [0.2, 0.25) is 0 Å². The predicted octanol–water partition coefficient (Wildman–Crippen LogP) is -0.290. The van der Waals surface area contributed by atoms with Crippen molar-refractivity contribution in [1.82, 2.24) is 9.13 Å². The molecule has 52 valence electrons. The zero-order valence-corrected chi connectivity index (χ0v) is 5.61. The van der Waals surface area contributed by atoms with Crippen molar-refractivity contribution in [2.75, 3.05) is 0 Å². The number of hydrogen-bond donors (Lipinski definition) is 0. The highest BCUT2D eigenvalue weighted by Crippen LogP contribution is 1.79. The molecule has 0 saturated carbocycles. The van der Waals surface area contributed by atoms with Crippen LogP contribution in [0, 0.1) is 11.3 Å².